The standard InChI is InChI=1S/C12H22O3/c13-10-12(3-7-15-8-4-12)9-11-1-5-14-6-2-11/h11,13H,1-10H2. The summed E-state index contributed by atoms with van der Waals surface area (Å²) in [6.45, 7) is 3.78. The number of rotatable bonds is 3. The van der Waals surface area contributed by atoms with Crippen LogP contribution in [-0.4, -0.2) is 38.1 Å². The number of hydrogen-bond donors (Lipinski definition) is 1. The Morgan fingerprint density at radius 2 is 1.60 bits per heavy atom. The minimum atomic E-state index is 0.153. The van der Waals surface area contributed by atoms with E-state index in [1.165, 1.54) is 12.8 Å². The van der Waals surface area contributed by atoms with E-state index in [-0.39, 0.29) is 5.41 Å². The molecule has 0 radical (unpaired) electrons. The zero-order valence-corrected chi connectivity index (χ0v) is 9.41. The van der Waals surface area contributed by atoms with Crippen molar-refractivity contribution in [3.8, 4) is 0 Å². The van der Waals surface area contributed by atoms with Gasteiger partial charge in [0.2, 0.25) is 0 Å². The summed E-state index contributed by atoms with van der Waals surface area (Å²) in [5.74, 6) is 0.754. The van der Waals surface area contributed by atoms with Crippen LogP contribution >= 0.6 is 0 Å². The summed E-state index contributed by atoms with van der Waals surface area (Å²) in [7, 11) is 0. The van der Waals surface area contributed by atoms with Gasteiger partial charge in [0.25, 0.3) is 0 Å². The lowest BCUT2D eigenvalue weighted by Crippen LogP contribution is -2.36. The largest absolute Gasteiger partial charge is 0.396 e. The van der Waals surface area contributed by atoms with E-state index in [1.54, 1.807) is 0 Å². The van der Waals surface area contributed by atoms with Crippen molar-refractivity contribution in [2.24, 2.45) is 11.3 Å². The molecular weight excluding hydrogens is 192 g/mol. The lowest BCUT2D eigenvalue weighted by atomic mass is 9.72. The van der Waals surface area contributed by atoms with E-state index in [9.17, 15) is 5.11 Å². The third kappa shape index (κ3) is 2.92. The van der Waals surface area contributed by atoms with Crippen LogP contribution in [0.2, 0.25) is 0 Å². The Balaban J connectivity index is 1.87. The number of hydrogen-bond acceptors (Lipinski definition) is 3. The summed E-state index contributed by atoms with van der Waals surface area (Å²) in [5, 5.41) is 9.59. The van der Waals surface area contributed by atoms with Gasteiger partial charge in [0.1, 0.15) is 0 Å². The molecule has 0 atom stereocenters. The number of ether oxygens (including phenoxy) is 2. The monoisotopic (exact) mass is 214 g/mol. The summed E-state index contributed by atoms with van der Waals surface area (Å²) in [6.07, 6.45) is 5.56. The zero-order valence-electron chi connectivity index (χ0n) is 9.41. The van der Waals surface area contributed by atoms with Crippen molar-refractivity contribution in [3.05, 3.63) is 0 Å². The fourth-order valence-electron chi connectivity index (χ4n) is 2.79. The number of aliphatic hydroxyl groups excluding tert-OH is 1. The van der Waals surface area contributed by atoms with Gasteiger partial charge in [0, 0.05) is 33.0 Å². The normalized spacial score (nSPS) is 27.8. The van der Waals surface area contributed by atoms with Gasteiger partial charge in [0.05, 0.1) is 0 Å². The summed E-state index contributed by atoms with van der Waals surface area (Å²) < 4.78 is 10.7. The van der Waals surface area contributed by atoms with Crippen LogP contribution in [0.1, 0.15) is 32.1 Å². The molecule has 88 valence electrons. The van der Waals surface area contributed by atoms with Crippen molar-refractivity contribution in [3.63, 3.8) is 0 Å². The molecule has 0 aromatic heterocycles. The first-order chi connectivity index (χ1) is 7.35. The molecule has 2 aliphatic heterocycles. The van der Waals surface area contributed by atoms with Crippen LogP contribution < -0.4 is 0 Å². The van der Waals surface area contributed by atoms with Crippen LogP contribution in [0.15, 0.2) is 0 Å². The molecule has 2 saturated heterocycles. The van der Waals surface area contributed by atoms with E-state index in [0.717, 1.165) is 51.6 Å². The summed E-state index contributed by atoms with van der Waals surface area (Å²) in [4.78, 5) is 0. The van der Waals surface area contributed by atoms with Crippen molar-refractivity contribution in [2.75, 3.05) is 33.0 Å². The van der Waals surface area contributed by atoms with Gasteiger partial charge in [-0.05, 0) is 43.4 Å². The Bertz CT molecular complexity index is 181. The van der Waals surface area contributed by atoms with Crippen LogP contribution in [0.25, 0.3) is 0 Å². The highest BCUT2D eigenvalue weighted by molar-refractivity contribution is 4.84. The van der Waals surface area contributed by atoms with Gasteiger partial charge in [-0.1, -0.05) is 0 Å². The second-order valence-corrected chi connectivity index (χ2v) is 5.03. The SMILES string of the molecule is OCC1(CC2CCOCC2)CCOCC1. The second kappa shape index (κ2) is 5.28. The molecule has 1 N–H and O–H groups in total. The molecule has 0 aromatic carbocycles. The van der Waals surface area contributed by atoms with E-state index in [0.29, 0.717) is 6.61 Å². The quantitative estimate of drug-likeness (QED) is 0.775. The molecule has 0 unspecified atom stereocenters. The predicted molar refractivity (Wildman–Crippen MR) is 57.7 cm³/mol. The Labute approximate surface area is 91.8 Å². The molecule has 2 fully saturated rings. The maximum atomic E-state index is 9.59. The molecule has 0 bridgehead atoms. The van der Waals surface area contributed by atoms with Crippen LogP contribution in [0.5, 0.6) is 0 Å². The van der Waals surface area contributed by atoms with Crippen molar-refractivity contribution < 1.29 is 14.6 Å². The maximum absolute atomic E-state index is 9.59. The minimum Gasteiger partial charge on any atom is -0.396 e. The van der Waals surface area contributed by atoms with Crippen molar-refractivity contribution in [1.29, 1.82) is 0 Å². The maximum Gasteiger partial charge on any atom is 0.0489 e. The Morgan fingerprint density at radius 1 is 1.00 bits per heavy atom. The zero-order chi connectivity index (χ0) is 10.6. The van der Waals surface area contributed by atoms with E-state index >= 15 is 0 Å². The third-order valence-corrected chi connectivity index (χ3v) is 3.95. The van der Waals surface area contributed by atoms with Crippen LogP contribution in [0.3, 0.4) is 0 Å². The van der Waals surface area contributed by atoms with E-state index < -0.39 is 0 Å². The topological polar surface area (TPSA) is 38.7 Å². The molecule has 0 aliphatic carbocycles. The highest BCUT2D eigenvalue weighted by Crippen LogP contribution is 2.39. The van der Waals surface area contributed by atoms with Gasteiger partial charge in [-0.15, -0.1) is 0 Å². The average Bonchev–Trinajstić information content (AvgIpc) is 2.32. The lowest BCUT2D eigenvalue weighted by molar-refractivity contribution is -0.0404. The molecule has 0 aromatic rings. The second-order valence-electron chi connectivity index (χ2n) is 5.03. The van der Waals surface area contributed by atoms with Crippen molar-refractivity contribution >= 4 is 0 Å². The van der Waals surface area contributed by atoms with E-state index in [4.69, 9.17) is 9.47 Å². The smallest absolute Gasteiger partial charge is 0.0489 e. The third-order valence-electron chi connectivity index (χ3n) is 3.95. The Morgan fingerprint density at radius 3 is 2.20 bits per heavy atom. The summed E-state index contributed by atoms with van der Waals surface area (Å²) in [6, 6.07) is 0. The van der Waals surface area contributed by atoms with Gasteiger partial charge in [0.15, 0.2) is 0 Å². The van der Waals surface area contributed by atoms with E-state index in [2.05, 4.69) is 0 Å². The predicted octanol–water partition coefficient (Wildman–Crippen LogP) is 1.59. The lowest BCUT2D eigenvalue weighted by Gasteiger charge is -2.39. The fourth-order valence-corrected chi connectivity index (χ4v) is 2.79. The first kappa shape index (κ1) is 11.4. The number of aliphatic hydroxyl groups is 1. The molecule has 0 spiro atoms. The first-order valence-corrected chi connectivity index (χ1v) is 6.11. The van der Waals surface area contributed by atoms with Gasteiger partial charge in [-0.2, -0.15) is 0 Å². The van der Waals surface area contributed by atoms with E-state index in [1.807, 2.05) is 0 Å². The molecule has 2 aliphatic rings. The molecule has 0 saturated carbocycles. The Hall–Kier alpha value is -0.120. The van der Waals surface area contributed by atoms with Gasteiger partial charge < -0.3 is 14.6 Å². The van der Waals surface area contributed by atoms with Crippen molar-refractivity contribution in [1.82, 2.24) is 0 Å². The molecule has 0 amide bonds. The average molecular weight is 214 g/mol. The molecule has 2 rings (SSSR count). The minimum absolute atomic E-state index is 0.153. The molecule has 3 heteroatoms. The van der Waals surface area contributed by atoms with Gasteiger partial charge in [-0.3, -0.25) is 0 Å². The van der Waals surface area contributed by atoms with Crippen LogP contribution in [0.4, 0.5) is 0 Å². The fraction of sp³-hybridized carbons (Fsp3) is 1.00. The van der Waals surface area contributed by atoms with Crippen LogP contribution in [-0.2, 0) is 9.47 Å². The Kier molecular flexibility index (Phi) is 4.00. The van der Waals surface area contributed by atoms with Crippen LogP contribution in [0, 0.1) is 11.3 Å². The summed E-state index contributed by atoms with van der Waals surface area (Å²) >= 11 is 0. The molecule has 2 heterocycles. The molecule has 3 nitrogen and oxygen atoms in total. The first-order valence-electron chi connectivity index (χ1n) is 6.11. The molecule has 15 heavy (non-hydrogen) atoms. The van der Waals surface area contributed by atoms with Crippen molar-refractivity contribution in [2.45, 2.75) is 32.1 Å². The highest BCUT2D eigenvalue weighted by Gasteiger charge is 2.34. The van der Waals surface area contributed by atoms with Gasteiger partial charge in [-0.25, -0.2) is 0 Å². The highest BCUT2D eigenvalue weighted by atomic mass is 16.5. The summed E-state index contributed by atoms with van der Waals surface area (Å²) in [5.41, 5.74) is 0.153. The molecular formula is C12H22O3. The van der Waals surface area contributed by atoms with Gasteiger partial charge >= 0.3 is 0 Å².